The van der Waals surface area contributed by atoms with Crippen molar-refractivity contribution in [3.05, 3.63) is 99.7 Å². The molecule has 3 aromatic carbocycles. The van der Waals surface area contributed by atoms with E-state index in [0.717, 1.165) is 5.56 Å². The molecule has 0 radical (unpaired) electrons. The van der Waals surface area contributed by atoms with Crippen molar-refractivity contribution in [2.45, 2.75) is 6.92 Å². The van der Waals surface area contributed by atoms with Crippen LogP contribution in [0.5, 0.6) is 0 Å². The Labute approximate surface area is 178 Å². The molecule has 0 unspecified atom stereocenters. The minimum absolute atomic E-state index is 0.220. The van der Waals surface area contributed by atoms with Crippen LogP contribution in [0.15, 0.2) is 78.5 Å². The smallest absolute Gasteiger partial charge is 0.282 e. The number of nitrogens with zero attached hydrogens (tertiary/aromatic N) is 1. The van der Waals surface area contributed by atoms with Gasteiger partial charge in [0, 0.05) is 15.7 Å². The number of amides is 2. The molecule has 0 bridgehead atoms. The molecule has 144 valence electrons. The molecular formula is C23H16Cl2N2O2. The summed E-state index contributed by atoms with van der Waals surface area (Å²) in [6, 6.07) is 21.2. The second kappa shape index (κ2) is 7.74. The van der Waals surface area contributed by atoms with Crippen molar-refractivity contribution in [1.29, 1.82) is 0 Å². The number of para-hydroxylation sites is 1. The van der Waals surface area contributed by atoms with Gasteiger partial charge in [0.1, 0.15) is 5.70 Å². The van der Waals surface area contributed by atoms with Gasteiger partial charge in [-0.2, -0.15) is 0 Å². The van der Waals surface area contributed by atoms with Gasteiger partial charge in [0.15, 0.2) is 0 Å². The van der Waals surface area contributed by atoms with Crippen LogP contribution in [0.1, 0.15) is 11.1 Å². The van der Waals surface area contributed by atoms with E-state index in [-0.39, 0.29) is 5.70 Å². The number of benzene rings is 3. The first-order valence-electron chi connectivity index (χ1n) is 8.93. The number of aryl methyl sites for hydroxylation is 1. The lowest BCUT2D eigenvalue weighted by Crippen LogP contribution is -2.33. The normalized spacial score (nSPS) is 14.0. The molecule has 1 aliphatic heterocycles. The number of rotatable bonds is 4. The van der Waals surface area contributed by atoms with Crippen molar-refractivity contribution in [3.8, 4) is 0 Å². The molecule has 1 heterocycles. The molecule has 0 fully saturated rings. The highest BCUT2D eigenvalue weighted by Crippen LogP contribution is 2.36. The Kier molecular flexibility index (Phi) is 5.14. The molecule has 2 amide bonds. The Balaban J connectivity index is 1.84. The van der Waals surface area contributed by atoms with Gasteiger partial charge in [-0.3, -0.25) is 9.59 Å². The fraction of sp³-hybridized carbons (Fsp3) is 0.0435. The molecular weight excluding hydrogens is 407 g/mol. The second-order valence-corrected chi connectivity index (χ2v) is 7.50. The molecule has 0 aromatic heterocycles. The van der Waals surface area contributed by atoms with Gasteiger partial charge in [0.25, 0.3) is 11.8 Å². The Hall–Kier alpha value is -3.08. The highest BCUT2D eigenvalue weighted by molar-refractivity contribution is 6.46. The van der Waals surface area contributed by atoms with Gasteiger partial charge in [-0.05, 0) is 60.5 Å². The van der Waals surface area contributed by atoms with Crippen LogP contribution < -0.4 is 10.2 Å². The Morgan fingerprint density at radius 1 is 0.793 bits per heavy atom. The fourth-order valence-electron chi connectivity index (χ4n) is 3.28. The molecule has 29 heavy (non-hydrogen) atoms. The maximum atomic E-state index is 13.4. The summed E-state index contributed by atoms with van der Waals surface area (Å²) in [5, 5.41) is 4.21. The van der Waals surface area contributed by atoms with E-state index < -0.39 is 11.8 Å². The van der Waals surface area contributed by atoms with Crippen molar-refractivity contribution < 1.29 is 9.59 Å². The second-order valence-electron chi connectivity index (χ2n) is 6.62. The number of carbonyl (C=O) groups excluding carboxylic acids is 2. The van der Waals surface area contributed by atoms with Crippen molar-refractivity contribution in [1.82, 2.24) is 0 Å². The Bertz CT molecular complexity index is 1140. The summed E-state index contributed by atoms with van der Waals surface area (Å²) in [5.41, 5.74) is 3.07. The first-order chi connectivity index (χ1) is 14.0. The zero-order valence-corrected chi connectivity index (χ0v) is 17.0. The molecule has 0 saturated heterocycles. The number of anilines is 2. The SMILES string of the molecule is Cc1cc(Cl)ccc1N1C(=O)C(Nc2ccccc2)=C(c2ccc(Cl)cc2)C1=O. The Morgan fingerprint density at radius 2 is 1.45 bits per heavy atom. The van der Waals surface area contributed by atoms with E-state index in [1.165, 1.54) is 4.90 Å². The maximum Gasteiger partial charge on any atom is 0.282 e. The molecule has 6 heteroatoms. The van der Waals surface area contributed by atoms with Crippen molar-refractivity contribution in [2.75, 3.05) is 10.2 Å². The molecule has 0 aliphatic carbocycles. The van der Waals surface area contributed by atoms with Crippen molar-refractivity contribution in [2.24, 2.45) is 0 Å². The third kappa shape index (κ3) is 3.65. The summed E-state index contributed by atoms with van der Waals surface area (Å²) in [4.78, 5) is 27.9. The molecule has 3 aromatic rings. The van der Waals surface area contributed by atoms with Crippen LogP contribution in [0.25, 0.3) is 5.57 Å². The first kappa shape index (κ1) is 19.2. The lowest BCUT2D eigenvalue weighted by molar-refractivity contribution is -0.120. The van der Waals surface area contributed by atoms with Gasteiger partial charge in [0.05, 0.1) is 11.3 Å². The molecule has 1 aliphatic rings. The zero-order valence-electron chi connectivity index (χ0n) is 15.4. The average Bonchev–Trinajstić information content (AvgIpc) is 2.94. The van der Waals surface area contributed by atoms with Gasteiger partial charge < -0.3 is 5.32 Å². The topological polar surface area (TPSA) is 49.4 Å². The number of nitrogens with one attached hydrogen (secondary N) is 1. The highest BCUT2D eigenvalue weighted by Gasteiger charge is 2.40. The van der Waals surface area contributed by atoms with Crippen molar-refractivity contribution >= 4 is 52.0 Å². The number of halogens is 2. The van der Waals surface area contributed by atoms with Crippen LogP contribution in [-0.4, -0.2) is 11.8 Å². The van der Waals surface area contributed by atoms with Gasteiger partial charge in [-0.15, -0.1) is 0 Å². The summed E-state index contributed by atoms with van der Waals surface area (Å²) < 4.78 is 0. The number of carbonyl (C=O) groups is 2. The molecule has 4 nitrogen and oxygen atoms in total. The van der Waals surface area contributed by atoms with E-state index >= 15 is 0 Å². The first-order valence-corrected chi connectivity index (χ1v) is 9.68. The van der Waals surface area contributed by atoms with E-state index in [1.807, 2.05) is 37.3 Å². The van der Waals surface area contributed by atoms with Crippen molar-refractivity contribution in [3.63, 3.8) is 0 Å². The highest BCUT2D eigenvalue weighted by atomic mass is 35.5. The average molecular weight is 423 g/mol. The third-order valence-electron chi connectivity index (χ3n) is 4.66. The lowest BCUT2D eigenvalue weighted by Gasteiger charge is -2.18. The summed E-state index contributed by atoms with van der Waals surface area (Å²) in [5.74, 6) is -0.824. The molecule has 0 spiro atoms. The number of hydrogen-bond acceptors (Lipinski definition) is 3. The predicted octanol–water partition coefficient (Wildman–Crippen LogP) is 5.70. The molecule has 1 N–H and O–H groups in total. The van der Waals surface area contributed by atoms with E-state index in [0.29, 0.717) is 32.6 Å². The minimum atomic E-state index is -0.422. The van der Waals surface area contributed by atoms with Crippen LogP contribution in [0, 0.1) is 6.92 Å². The van der Waals surface area contributed by atoms with Gasteiger partial charge in [-0.1, -0.05) is 53.5 Å². The van der Waals surface area contributed by atoms with E-state index in [2.05, 4.69) is 5.32 Å². The van der Waals surface area contributed by atoms with E-state index in [4.69, 9.17) is 23.2 Å². The van der Waals surface area contributed by atoms with E-state index in [9.17, 15) is 9.59 Å². The third-order valence-corrected chi connectivity index (χ3v) is 5.15. The lowest BCUT2D eigenvalue weighted by atomic mass is 10.0. The van der Waals surface area contributed by atoms with Gasteiger partial charge in [-0.25, -0.2) is 4.90 Å². The van der Waals surface area contributed by atoms with Crippen LogP contribution in [0.3, 0.4) is 0 Å². The zero-order chi connectivity index (χ0) is 20.5. The molecule has 0 saturated carbocycles. The number of hydrogen-bond donors (Lipinski definition) is 1. The summed E-state index contributed by atoms with van der Waals surface area (Å²) in [6.07, 6.45) is 0. The van der Waals surface area contributed by atoms with Crippen LogP contribution in [0.2, 0.25) is 10.0 Å². The molecule has 4 rings (SSSR count). The fourth-order valence-corrected chi connectivity index (χ4v) is 3.64. The Morgan fingerprint density at radius 3 is 2.10 bits per heavy atom. The maximum absolute atomic E-state index is 13.4. The molecule has 0 atom stereocenters. The summed E-state index contributed by atoms with van der Waals surface area (Å²) in [6.45, 7) is 1.81. The van der Waals surface area contributed by atoms with Gasteiger partial charge in [0.2, 0.25) is 0 Å². The quantitative estimate of drug-likeness (QED) is 0.548. The van der Waals surface area contributed by atoms with Crippen LogP contribution >= 0.6 is 23.2 Å². The van der Waals surface area contributed by atoms with E-state index in [1.54, 1.807) is 42.5 Å². The standard InChI is InChI=1S/C23H16Cl2N2O2/c1-14-13-17(25)11-12-19(14)27-22(28)20(15-7-9-16(24)10-8-15)21(23(27)29)26-18-5-3-2-4-6-18/h2-13,26H,1H3. The summed E-state index contributed by atoms with van der Waals surface area (Å²) >= 11 is 12.1. The largest absolute Gasteiger partial charge is 0.350 e. The minimum Gasteiger partial charge on any atom is -0.350 e. The number of imide groups is 1. The summed E-state index contributed by atoms with van der Waals surface area (Å²) in [7, 11) is 0. The predicted molar refractivity (Wildman–Crippen MR) is 117 cm³/mol. The van der Waals surface area contributed by atoms with Crippen LogP contribution in [-0.2, 0) is 9.59 Å². The van der Waals surface area contributed by atoms with Crippen LogP contribution in [0.4, 0.5) is 11.4 Å². The monoisotopic (exact) mass is 422 g/mol. The van der Waals surface area contributed by atoms with Gasteiger partial charge >= 0.3 is 0 Å².